The van der Waals surface area contributed by atoms with Crippen molar-refractivity contribution in [1.82, 2.24) is 15.2 Å². The second kappa shape index (κ2) is 9.58. The van der Waals surface area contributed by atoms with E-state index in [1.807, 2.05) is 37.6 Å². The maximum Gasteiger partial charge on any atom is 0.308 e. The summed E-state index contributed by atoms with van der Waals surface area (Å²) in [5, 5.41) is 15.0. The van der Waals surface area contributed by atoms with Crippen LogP contribution in [0, 0.1) is 12.8 Å². The second-order valence-corrected chi connectivity index (χ2v) is 7.35. The number of carboxylic acids is 1. The molecule has 0 radical (unpaired) electrons. The van der Waals surface area contributed by atoms with Crippen LogP contribution in [0.1, 0.15) is 68.4 Å². The number of carboxylic acid groups (broad SMARTS) is 1. The summed E-state index contributed by atoms with van der Waals surface area (Å²) >= 11 is 0. The lowest BCUT2D eigenvalue weighted by atomic mass is 10.0. The Kier molecular flexibility index (Phi) is 7.45. The largest absolute Gasteiger partial charge is 0.481 e. The number of rotatable bonds is 9. The van der Waals surface area contributed by atoms with Crippen LogP contribution in [0.15, 0.2) is 12.3 Å². The van der Waals surface area contributed by atoms with Gasteiger partial charge in [0.15, 0.2) is 0 Å². The number of carbonyl (C=O) groups is 3. The highest BCUT2D eigenvalue weighted by Gasteiger charge is 2.35. The summed E-state index contributed by atoms with van der Waals surface area (Å²) < 4.78 is 1.86. The van der Waals surface area contributed by atoms with E-state index in [9.17, 15) is 19.5 Å². The van der Waals surface area contributed by atoms with Gasteiger partial charge >= 0.3 is 5.97 Å². The predicted octanol–water partition coefficient (Wildman–Crippen LogP) is 2.47. The molecule has 1 fully saturated rings. The first-order valence-corrected chi connectivity index (χ1v) is 9.88. The van der Waals surface area contributed by atoms with E-state index in [-0.39, 0.29) is 17.9 Å². The van der Waals surface area contributed by atoms with Gasteiger partial charge in [-0.25, -0.2) is 0 Å². The average molecular weight is 377 g/mol. The Balaban J connectivity index is 2.08. The molecule has 3 atom stereocenters. The van der Waals surface area contributed by atoms with Gasteiger partial charge in [-0.3, -0.25) is 14.4 Å². The topological polar surface area (TPSA) is 100 Å². The van der Waals surface area contributed by atoms with E-state index in [0.29, 0.717) is 31.5 Å². The summed E-state index contributed by atoms with van der Waals surface area (Å²) in [7, 11) is 0. The molecule has 2 amide bonds. The van der Waals surface area contributed by atoms with Crippen LogP contribution in [-0.2, 0) is 16.1 Å². The van der Waals surface area contributed by atoms with E-state index >= 15 is 0 Å². The van der Waals surface area contributed by atoms with Crippen LogP contribution >= 0.6 is 0 Å². The van der Waals surface area contributed by atoms with Gasteiger partial charge in [-0.05, 0) is 44.7 Å². The Labute approximate surface area is 160 Å². The maximum absolute atomic E-state index is 12.8. The molecule has 1 aliphatic rings. The summed E-state index contributed by atoms with van der Waals surface area (Å²) in [6, 6.07) is 0.788. The van der Waals surface area contributed by atoms with Crippen LogP contribution in [0.4, 0.5) is 0 Å². The molecule has 3 N–H and O–H groups in total. The quantitative estimate of drug-likeness (QED) is 0.615. The van der Waals surface area contributed by atoms with Crippen LogP contribution in [-0.4, -0.2) is 39.5 Å². The highest BCUT2D eigenvalue weighted by atomic mass is 16.4. The minimum Gasteiger partial charge on any atom is -0.481 e. The average Bonchev–Trinajstić information content (AvgIpc) is 3.24. The zero-order chi connectivity index (χ0) is 20.0. The lowest BCUT2D eigenvalue weighted by molar-refractivity contribution is -0.142. The molecule has 1 aromatic heterocycles. The van der Waals surface area contributed by atoms with Crippen LogP contribution in [0.5, 0.6) is 0 Å². The smallest absolute Gasteiger partial charge is 0.308 e. The molecule has 0 bridgehead atoms. The molecule has 1 saturated carbocycles. The summed E-state index contributed by atoms with van der Waals surface area (Å²) in [5.74, 6) is -1.98. The fourth-order valence-corrected chi connectivity index (χ4v) is 3.73. The summed E-state index contributed by atoms with van der Waals surface area (Å²) in [5.41, 5.74) is 1.53. The molecule has 0 saturated heterocycles. The summed E-state index contributed by atoms with van der Waals surface area (Å²) in [6.45, 7) is 6.59. The molecule has 7 heteroatoms. The van der Waals surface area contributed by atoms with Gasteiger partial charge in [0.05, 0.1) is 5.92 Å². The molecule has 7 nitrogen and oxygen atoms in total. The molecule has 1 aromatic rings. The normalized spacial score (nSPS) is 20.3. The summed E-state index contributed by atoms with van der Waals surface area (Å²) in [6.07, 6.45) is 6.18. The van der Waals surface area contributed by atoms with Crippen molar-refractivity contribution in [3.63, 3.8) is 0 Å². The van der Waals surface area contributed by atoms with Crippen molar-refractivity contribution < 1.29 is 19.5 Å². The number of nitrogens with one attached hydrogen (secondary N) is 2. The predicted molar refractivity (Wildman–Crippen MR) is 103 cm³/mol. The van der Waals surface area contributed by atoms with Crippen molar-refractivity contribution in [2.75, 3.05) is 0 Å². The van der Waals surface area contributed by atoms with E-state index in [0.717, 1.165) is 24.8 Å². The molecule has 0 aliphatic heterocycles. The van der Waals surface area contributed by atoms with Gasteiger partial charge in [0.1, 0.15) is 11.7 Å². The van der Waals surface area contributed by atoms with Crippen LogP contribution in [0.3, 0.4) is 0 Å². The molecule has 27 heavy (non-hydrogen) atoms. The Morgan fingerprint density at radius 1 is 1.30 bits per heavy atom. The van der Waals surface area contributed by atoms with Crippen molar-refractivity contribution in [2.24, 2.45) is 5.92 Å². The minimum absolute atomic E-state index is 0.276. The number of aromatic nitrogens is 1. The first-order chi connectivity index (χ1) is 12.9. The monoisotopic (exact) mass is 377 g/mol. The number of aliphatic carboxylic acids is 1. The second-order valence-electron chi connectivity index (χ2n) is 7.35. The number of unbranched alkanes of at least 4 members (excludes halogenated alkanes) is 1. The van der Waals surface area contributed by atoms with E-state index < -0.39 is 17.9 Å². The molecule has 150 valence electrons. The van der Waals surface area contributed by atoms with Gasteiger partial charge in [-0.1, -0.05) is 26.2 Å². The third kappa shape index (κ3) is 5.34. The Bertz CT molecular complexity index is 683. The number of hydrogen-bond donors (Lipinski definition) is 3. The maximum atomic E-state index is 12.8. The molecule has 2 rings (SSSR count). The van der Waals surface area contributed by atoms with Crippen molar-refractivity contribution >= 4 is 17.8 Å². The van der Waals surface area contributed by atoms with Crippen LogP contribution in [0.25, 0.3) is 0 Å². The fourth-order valence-electron chi connectivity index (χ4n) is 3.73. The SMILES string of the molecule is CCCC[C@H](NC(=O)c1cc(C)cn1CC)C(=O)N[C@H]1CCC[C@H]1C(=O)O. The van der Waals surface area contributed by atoms with Gasteiger partial charge < -0.3 is 20.3 Å². The van der Waals surface area contributed by atoms with E-state index in [1.54, 1.807) is 0 Å². The third-order valence-electron chi connectivity index (χ3n) is 5.24. The lowest BCUT2D eigenvalue weighted by Crippen LogP contribution is -2.51. The van der Waals surface area contributed by atoms with Crippen LogP contribution in [0.2, 0.25) is 0 Å². The Hall–Kier alpha value is -2.31. The highest BCUT2D eigenvalue weighted by Crippen LogP contribution is 2.26. The molecule has 0 unspecified atom stereocenters. The van der Waals surface area contributed by atoms with Crippen LogP contribution < -0.4 is 10.6 Å². The van der Waals surface area contributed by atoms with Crippen molar-refractivity contribution in [1.29, 1.82) is 0 Å². The molecular formula is C20H31N3O4. The lowest BCUT2D eigenvalue weighted by Gasteiger charge is -2.23. The van der Waals surface area contributed by atoms with Crippen molar-refractivity contribution in [3.05, 3.63) is 23.5 Å². The highest BCUT2D eigenvalue weighted by molar-refractivity contribution is 5.96. The minimum atomic E-state index is -0.872. The number of aryl methyl sites for hydroxylation is 2. The standard InChI is InChI=1S/C20H31N3O4/c1-4-6-9-16(18(24)21-15-10-7-8-14(15)20(26)27)22-19(25)17-11-13(3)12-23(17)5-2/h11-12,14-16H,4-10H2,1-3H3,(H,21,24)(H,22,25)(H,26,27)/t14-,15+,16+/m1/s1. The molecule has 0 spiro atoms. The first-order valence-electron chi connectivity index (χ1n) is 9.88. The third-order valence-corrected chi connectivity index (χ3v) is 5.24. The van der Waals surface area contributed by atoms with Crippen molar-refractivity contribution in [2.45, 2.75) is 77.9 Å². The first kappa shape index (κ1) is 21.0. The van der Waals surface area contributed by atoms with Gasteiger partial charge in [-0.2, -0.15) is 0 Å². The van der Waals surface area contributed by atoms with Gasteiger partial charge in [0, 0.05) is 18.8 Å². The van der Waals surface area contributed by atoms with Gasteiger partial charge in [0.25, 0.3) is 5.91 Å². The fraction of sp³-hybridized carbons (Fsp3) is 0.650. The molecular weight excluding hydrogens is 346 g/mol. The molecule has 1 heterocycles. The van der Waals surface area contributed by atoms with E-state index in [2.05, 4.69) is 10.6 Å². The molecule has 0 aromatic carbocycles. The van der Waals surface area contributed by atoms with Crippen molar-refractivity contribution in [3.8, 4) is 0 Å². The number of nitrogens with zero attached hydrogens (tertiary/aromatic N) is 1. The van der Waals surface area contributed by atoms with E-state index in [1.165, 1.54) is 0 Å². The number of carbonyl (C=O) groups excluding carboxylic acids is 2. The number of hydrogen-bond acceptors (Lipinski definition) is 3. The molecule has 1 aliphatic carbocycles. The number of amides is 2. The van der Waals surface area contributed by atoms with Gasteiger partial charge in [0.2, 0.25) is 5.91 Å². The zero-order valence-electron chi connectivity index (χ0n) is 16.5. The van der Waals surface area contributed by atoms with E-state index in [4.69, 9.17) is 0 Å². The summed E-state index contributed by atoms with van der Waals surface area (Å²) in [4.78, 5) is 36.8. The van der Waals surface area contributed by atoms with Gasteiger partial charge in [-0.15, -0.1) is 0 Å². The Morgan fingerprint density at radius 3 is 2.67 bits per heavy atom. The Morgan fingerprint density at radius 2 is 2.04 bits per heavy atom. The zero-order valence-corrected chi connectivity index (χ0v) is 16.5.